The number of unbranched alkanes of at least 4 members (excludes halogenated alkanes) is 6. The Morgan fingerprint density at radius 1 is 0.882 bits per heavy atom. The van der Waals surface area contributed by atoms with Gasteiger partial charge in [-0.2, -0.15) is 0 Å². The van der Waals surface area contributed by atoms with E-state index in [4.69, 9.17) is 5.73 Å². The molecule has 0 heterocycles. The van der Waals surface area contributed by atoms with Crippen molar-refractivity contribution < 1.29 is 0 Å². The van der Waals surface area contributed by atoms with E-state index in [0.717, 1.165) is 19.5 Å². The molecule has 0 aliphatic heterocycles. The summed E-state index contributed by atoms with van der Waals surface area (Å²) >= 11 is 0. The van der Waals surface area contributed by atoms with Crippen molar-refractivity contribution in [3.63, 3.8) is 0 Å². The highest BCUT2D eigenvalue weighted by Gasteiger charge is 2.15. The van der Waals surface area contributed by atoms with Gasteiger partial charge in [-0.15, -0.1) is 0 Å². The first-order chi connectivity index (χ1) is 8.12. The molecule has 0 bridgehead atoms. The van der Waals surface area contributed by atoms with Crippen LogP contribution in [0.25, 0.3) is 0 Å². The summed E-state index contributed by atoms with van der Waals surface area (Å²) in [5.41, 5.74) is 5.79. The molecule has 0 atom stereocenters. The molecule has 0 saturated heterocycles. The lowest BCUT2D eigenvalue weighted by Crippen LogP contribution is -2.40. The first kappa shape index (κ1) is 16.9. The van der Waals surface area contributed by atoms with Gasteiger partial charge in [-0.3, -0.25) is 0 Å². The van der Waals surface area contributed by atoms with Gasteiger partial charge in [0, 0.05) is 5.54 Å². The standard InChI is InChI=1S/C15H34N2/c1-4-5-6-7-8-9-10-12-15(2,3)17-14-11-13-16/h17H,4-14,16H2,1-3H3. The van der Waals surface area contributed by atoms with Gasteiger partial charge in [0.15, 0.2) is 0 Å². The van der Waals surface area contributed by atoms with Gasteiger partial charge in [0.05, 0.1) is 0 Å². The van der Waals surface area contributed by atoms with Crippen molar-refractivity contribution in [2.24, 2.45) is 5.73 Å². The van der Waals surface area contributed by atoms with E-state index in [1.807, 2.05) is 0 Å². The molecule has 0 aromatic heterocycles. The van der Waals surface area contributed by atoms with E-state index in [-0.39, 0.29) is 0 Å². The lowest BCUT2D eigenvalue weighted by molar-refractivity contribution is 0.346. The van der Waals surface area contributed by atoms with Crippen molar-refractivity contribution in [3.05, 3.63) is 0 Å². The number of hydrogen-bond donors (Lipinski definition) is 2. The molecule has 104 valence electrons. The quantitative estimate of drug-likeness (QED) is 0.510. The van der Waals surface area contributed by atoms with Crippen LogP contribution in [-0.2, 0) is 0 Å². The number of rotatable bonds is 12. The first-order valence-electron chi connectivity index (χ1n) is 7.57. The number of nitrogens with one attached hydrogen (secondary N) is 1. The predicted molar refractivity (Wildman–Crippen MR) is 78.4 cm³/mol. The summed E-state index contributed by atoms with van der Waals surface area (Å²) in [4.78, 5) is 0. The lowest BCUT2D eigenvalue weighted by atomic mass is 9.96. The fraction of sp³-hybridized carbons (Fsp3) is 1.00. The normalized spacial score (nSPS) is 12.0. The minimum Gasteiger partial charge on any atom is -0.330 e. The van der Waals surface area contributed by atoms with Crippen LogP contribution in [0.3, 0.4) is 0 Å². The summed E-state index contributed by atoms with van der Waals surface area (Å²) in [5, 5.41) is 3.59. The van der Waals surface area contributed by atoms with Crippen LogP contribution in [0.4, 0.5) is 0 Å². The number of hydrogen-bond acceptors (Lipinski definition) is 2. The highest BCUT2D eigenvalue weighted by molar-refractivity contribution is 4.76. The third-order valence-corrected chi connectivity index (χ3v) is 3.39. The zero-order chi connectivity index (χ0) is 13.0. The van der Waals surface area contributed by atoms with Crippen LogP contribution in [0, 0.1) is 0 Å². The molecular weight excluding hydrogens is 208 g/mol. The lowest BCUT2D eigenvalue weighted by Gasteiger charge is -2.26. The van der Waals surface area contributed by atoms with Crippen LogP contribution in [0.2, 0.25) is 0 Å². The Kier molecular flexibility index (Phi) is 11.0. The molecule has 0 saturated carbocycles. The number of nitrogens with two attached hydrogens (primary N) is 1. The molecule has 0 aliphatic carbocycles. The van der Waals surface area contributed by atoms with Crippen LogP contribution in [0.15, 0.2) is 0 Å². The van der Waals surface area contributed by atoms with Gasteiger partial charge in [-0.1, -0.05) is 51.9 Å². The van der Waals surface area contributed by atoms with E-state index in [1.54, 1.807) is 0 Å². The Labute approximate surface area is 109 Å². The third kappa shape index (κ3) is 12.2. The second-order valence-corrected chi connectivity index (χ2v) is 5.82. The molecule has 0 amide bonds. The van der Waals surface area contributed by atoms with E-state index < -0.39 is 0 Å². The SMILES string of the molecule is CCCCCCCCCC(C)(C)NCCCN. The van der Waals surface area contributed by atoms with Crippen LogP contribution in [-0.4, -0.2) is 18.6 Å². The Morgan fingerprint density at radius 3 is 2.06 bits per heavy atom. The fourth-order valence-electron chi connectivity index (χ4n) is 2.14. The summed E-state index contributed by atoms with van der Waals surface area (Å²) in [7, 11) is 0. The van der Waals surface area contributed by atoms with Gasteiger partial charge < -0.3 is 11.1 Å². The molecule has 0 spiro atoms. The molecule has 0 unspecified atom stereocenters. The molecule has 0 radical (unpaired) electrons. The second-order valence-electron chi connectivity index (χ2n) is 5.82. The summed E-state index contributed by atoms with van der Waals surface area (Å²) in [6.45, 7) is 8.73. The molecule has 0 aromatic carbocycles. The van der Waals surface area contributed by atoms with Crippen molar-refractivity contribution in [1.29, 1.82) is 0 Å². The Bertz CT molecular complexity index is 155. The van der Waals surface area contributed by atoms with E-state index >= 15 is 0 Å². The highest BCUT2D eigenvalue weighted by atomic mass is 14.9. The van der Waals surface area contributed by atoms with Crippen molar-refractivity contribution in [1.82, 2.24) is 5.32 Å². The van der Waals surface area contributed by atoms with Crippen LogP contribution >= 0.6 is 0 Å². The monoisotopic (exact) mass is 242 g/mol. The Balaban J connectivity index is 3.32. The maximum absolute atomic E-state index is 5.50. The maximum Gasteiger partial charge on any atom is 0.0125 e. The average Bonchev–Trinajstić information content (AvgIpc) is 2.28. The first-order valence-corrected chi connectivity index (χ1v) is 7.57. The smallest absolute Gasteiger partial charge is 0.0125 e. The zero-order valence-corrected chi connectivity index (χ0v) is 12.4. The Hall–Kier alpha value is -0.0800. The second kappa shape index (κ2) is 11.0. The topological polar surface area (TPSA) is 38.0 Å². The minimum absolute atomic E-state index is 0.290. The molecule has 0 aliphatic rings. The van der Waals surface area contributed by atoms with Gasteiger partial charge in [0.25, 0.3) is 0 Å². The molecule has 17 heavy (non-hydrogen) atoms. The summed E-state index contributed by atoms with van der Waals surface area (Å²) < 4.78 is 0. The van der Waals surface area contributed by atoms with Gasteiger partial charge in [-0.25, -0.2) is 0 Å². The van der Waals surface area contributed by atoms with Crippen LogP contribution in [0.5, 0.6) is 0 Å². The van der Waals surface area contributed by atoms with Crippen molar-refractivity contribution in [2.75, 3.05) is 13.1 Å². The van der Waals surface area contributed by atoms with E-state index in [0.29, 0.717) is 5.54 Å². The fourth-order valence-corrected chi connectivity index (χ4v) is 2.14. The molecule has 0 rings (SSSR count). The van der Waals surface area contributed by atoms with E-state index in [9.17, 15) is 0 Å². The molecule has 2 nitrogen and oxygen atoms in total. The highest BCUT2D eigenvalue weighted by Crippen LogP contribution is 2.15. The van der Waals surface area contributed by atoms with E-state index in [2.05, 4.69) is 26.1 Å². The van der Waals surface area contributed by atoms with Crippen molar-refractivity contribution >= 4 is 0 Å². The summed E-state index contributed by atoms with van der Waals surface area (Å²) in [6.07, 6.45) is 12.1. The van der Waals surface area contributed by atoms with Crippen LogP contribution in [0.1, 0.15) is 78.6 Å². The predicted octanol–water partition coefficient (Wildman–Crippen LogP) is 3.84. The molecule has 0 fully saturated rings. The molecule has 2 heteroatoms. The third-order valence-electron chi connectivity index (χ3n) is 3.39. The van der Waals surface area contributed by atoms with Gasteiger partial charge >= 0.3 is 0 Å². The molecule has 3 N–H and O–H groups in total. The maximum atomic E-state index is 5.50. The average molecular weight is 242 g/mol. The van der Waals surface area contributed by atoms with Gasteiger partial charge in [0.2, 0.25) is 0 Å². The van der Waals surface area contributed by atoms with Crippen LogP contribution < -0.4 is 11.1 Å². The summed E-state index contributed by atoms with van der Waals surface area (Å²) in [5.74, 6) is 0. The molecular formula is C15H34N2. The molecule has 0 aromatic rings. The summed E-state index contributed by atoms with van der Waals surface area (Å²) in [6, 6.07) is 0. The van der Waals surface area contributed by atoms with E-state index in [1.165, 1.54) is 51.4 Å². The van der Waals surface area contributed by atoms with Gasteiger partial charge in [0.1, 0.15) is 0 Å². The minimum atomic E-state index is 0.290. The zero-order valence-electron chi connectivity index (χ0n) is 12.4. The Morgan fingerprint density at radius 2 is 1.47 bits per heavy atom. The van der Waals surface area contributed by atoms with Gasteiger partial charge in [-0.05, 0) is 39.8 Å². The van der Waals surface area contributed by atoms with Crippen molar-refractivity contribution in [2.45, 2.75) is 84.1 Å². The van der Waals surface area contributed by atoms with Crippen molar-refractivity contribution in [3.8, 4) is 0 Å². The largest absolute Gasteiger partial charge is 0.330 e.